The number of aromatic nitrogens is 1. The Bertz CT molecular complexity index is 250. The molecule has 0 saturated carbocycles. The zero-order valence-corrected chi connectivity index (χ0v) is 8.32. The Hall–Kier alpha value is -0.910. The van der Waals surface area contributed by atoms with Gasteiger partial charge >= 0.3 is 0 Å². The maximum atomic E-state index is 8.55. The van der Waals surface area contributed by atoms with Gasteiger partial charge in [-0.2, -0.15) is 0 Å². The number of hydrogen-bond acceptors (Lipinski definition) is 5. The molecular weight excluding hydrogens is 184 g/mol. The molecule has 0 spiro atoms. The maximum absolute atomic E-state index is 8.55. The molecule has 0 bridgehead atoms. The van der Waals surface area contributed by atoms with E-state index in [1.54, 1.807) is 7.11 Å². The standard InChI is InChI=1S/C9H16N2O3/c1-13-7-9-5-8(11-14-9)6-10-3-2-4-12/h5,10,12H,2-4,6-7H2,1H3. The van der Waals surface area contributed by atoms with E-state index in [9.17, 15) is 0 Å². The predicted octanol–water partition coefficient (Wildman–Crippen LogP) is 0.293. The Morgan fingerprint density at radius 3 is 3.21 bits per heavy atom. The number of rotatable bonds is 7. The number of ether oxygens (including phenoxy) is 1. The second kappa shape index (κ2) is 6.53. The van der Waals surface area contributed by atoms with E-state index >= 15 is 0 Å². The molecule has 5 heteroatoms. The molecule has 1 heterocycles. The third-order valence-corrected chi connectivity index (χ3v) is 1.71. The Labute approximate surface area is 83.0 Å². The van der Waals surface area contributed by atoms with Crippen molar-refractivity contribution >= 4 is 0 Å². The van der Waals surface area contributed by atoms with E-state index < -0.39 is 0 Å². The van der Waals surface area contributed by atoms with Crippen LogP contribution in [0.1, 0.15) is 17.9 Å². The summed E-state index contributed by atoms with van der Waals surface area (Å²) in [5.41, 5.74) is 0.856. The lowest BCUT2D eigenvalue weighted by Gasteiger charge is -1.98. The molecule has 1 rings (SSSR count). The lowest BCUT2D eigenvalue weighted by atomic mass is 10.3. The van der Waals surface area contributed by atoms with Gasteiger partial charge in [0.25, 0.3) is 0 Å². The monoisotopic (exact) mass is 200 g/mol. The molecule has 0 atom stereocenters. The molecule has 14 heavy (non-hydrogen) atoms. The van der Waals surface area contributed by atoms with Crippen LogP contribution in [0.5, 0.6) is 0 Å². The fraction of sp³-hybridized carbons (Fsp3) is 0.667. The molecule has 0 fully saturated rings. The minimum atomic E-state index is 0.209. The second-order valence-corrected chi connectivity index (χ2v) is 2.97. The van der Waals surface area contributed by atoms with Crippen LogP contribution in [-0.4, -0.2) is 30.5 Å². The summed E-state index contributed by atoms with van der Waals surface area (Å²) in [5, 5.41) is 15.5. The number of methoxy groups -OCH3 is 1. The highest BCUT2D eigenvalue weighted by Gasteiger charge is 2.02. The molecule has 2 N–H and O–H groups in total. The fourth-order valence-corrected chi connectivity index (χ4v) is 1.07. The molecule has 80 valence electrons. The van der Waals surface area contributed by atoms with E-state index in [2.05, 4.69) is 10.5 Å². The molecule has 0 saturated heterocycles. The first-order valence-corrected chi connectivity index (χ1v) is 4.62. The van der Waals surface area contributed by atoms with Gasteiger partial charge in [0.15, 0.2) is 5.76 Å². The first kappa shape index (κ1) is 11.2. The minimum absolute atomic E-state index is 0.209. The lowest BCUT2D eigenvalue weighted by molar-refractivity contribution is 0.155. The van der Waals surface area contributed by atoms with Crippen molar-refractivity contribution in [3.05, 3.63) is 17.5 Å². The van der Waals surface area contributed by atoms with Gasteiger partial charge in [-0.05, 0) is 13.0 Å². The molecule has 5 nitrogen and oxygen atoms in total. The largest absolute Gasteiger partial charge is 0.396 e. The molecule has 0 aromatic carbocycles. The maximum Gasteiger partial charge on any atom is 0.162 e. The highest BCUT2D eigenvalue weighted by atomic mass is 16.5. The number of aliphatic hydroxyl groups excluding tert-OH is 1. The summed E-state index contributed by atoms with van der Waals surface area (Å²) in [7, 11) is 1.61. The molecule has 0 amide bonds. The van der Waals surface area contributed by atoms with Crippen molar-refractivity contribution in [1.82, 2.24) is 10.5 Å². The van der Waals surface area contributed by atoms with E-state index in [4.69, 9.17) is 14.4 Å². The smallest absolute Gasteiger partial charge is 0.162 e. The van der Waals surface area contributed by atoms with Gasteiger partial charge in [0.05, 0.1) is 5.69 Å². The van der Waals surface area contributed by atoms with Crippen molar-refractivity contribution in [2.45, 2.75) is 19.6 Å². The van der Waals surface area contributed by atoms with Crippen LogP contribution in [0.3, 0.4) is 0 Å². The van der Waals surface area contributed by atoms with Crippen molar-refractivity contribution in [2.75, 3.05) is 20.3 Å². The van der Waals surface area contributed by atoms with E-state index in [1.165, 1.54) is 0 Å². The van der Waals surface area contributed by atoms with Crippen molar-refractivity contribution < 1.29 is 14.4 Å². The van der Waals surface area contributed by atoms with Gasteiger partial charge < -0.3 is 19.7 Å². The number of hydrogen-bond donors (Lipinski definition) is 2. The van der Waals surface area contributed by atoms with E-state index in [-0.39, 0.29) is 6.61 Å². The zero-order valence-electron chi connectivity index (χ0n) is 8.32. The average molecular weight is 200 g/mol. The average Bonchev–Trinajstić information content (AvgIpc) is 2.61. The normalized spacial score (nSPS) is 10.7. The Morgan fingerprint density at radius 2 is 2.50 bits per heavy atom. The number of nitrogens with zero attached hydrogens (tertiary/aromatic N) is 1. The van der Waals surface area contributed by atoms with Crippen LogP contribution in [0.15, 0.2) is 10.6 Å². The Balaban J connectivity index is 2.22. The van der Waals surface area contributed by atoms with Crippen LogP contribution < -0.4 is 5.32 Å². The van der Waals surface area contributed by atoms with E-state index in [0.717, 1.165) is 24.4 Å². The summed E-state index contributed by atoms with van der Waals surface area (Å²) in [6, 6.07) is 1.86. The molecule has 0 aliphatic heterocycles. The van der Waals surface area contributed by atoms with Crippen LogP contribution in [0.2, 0.25) is 0 Å². The van der Waals surface area contributed by atoms with E-state index in [1.807, 2.05) is 6.07 Å². The first-order chi connectivity index (χ1) is 6.86. The predicted molar refractivity (Wildman–Crippen MR) is 50.6 cm³/mol. The zero-order chi connectivity index (χ0) is 10.2. The summed E-state index contributed by atoms with van der Waals surface area (Å²) in [6.07, 6.45) is 0.753. The van der Waals surface area contributed by atoms with Gasteiger partial charge in [-0.15, -0.1) is 0 Å². The molecular formula is C9H16N2O3. The van der Waals surface area contributed by atoms with Gasteiger partial charge in [0, 0.05) is 26.3 Å². The third kappa shape index (κ3) is 3.87. The minimum Gasteiger partial charge on any atom is -0.396 e. The Morgan fingerprint density at radius 1 is 1.64 bits per heavy atom. The molecule has 0 aliphatic carbocycles. The molecule has 0 radical (unpaired) electrons. The van der Waals surface area contributed by atoms with Crippen molar-refractivity contribution in [2.24, 2.45) is 0 Å². The molecule has 0 aliphatic rings. The molecule has 0 unspecified atom stereocenters. The van der Waals surface area contributed by atoms with Crippen LogP contribution in [0.25, 0.3) is 0 Å². The summed E-state index contributed by atoms with van der Waals surface area (Å²) in [5.74, 6) is 0.728. The highest BCUT2D eigenvalue weighted by molar-refractivity contribution is 5.03. The number of aliphatic hydroxyl groups is 1. The topological polar surface area (TPSA) is 67.5 Å². The van der Waals surface area contributed by atoms with Gasteiger partial charge in [-0.1, -0.05) is 5.16 Å². The SMILES string of the molecule is COCc1cc(CNCCCO)no1. The van der Waals surface area contributed by atoms with Gasteiger partial charge in [0.2, 0.25) is 0 Å². The van der Waals surface area contributed by atoms with Crippen LogP contribution >= 0.6 is 0 Å². The summed E-state index contributed by atoms with van der Waals surface area (Å²) >= 11 is 0. The summed E-state index contributed by atoms with van der Waals surface area (Å²) in [6.45, 7) is 2.10. The molecule has 1 aromatic heterocycles. The van der Waals surface area contributed by atoms with E-state index in [0.29, 0.717) is 13.2 Å². The van der Waals surface area contributed by atoms with Crippen LogP contribution in [0.4, 0.5) is 0 Å². The highest BCUT2D eigenvalue weighted by Crippen LogP contribution is 2.03. The van der Waals surface area contributed by atoms with Gasteiger partial charge in [-0.3, -0.25) is 0 Å². The van der Waals surface area contributed by atoms with Crippen molar-refractivity contribution in [3.8, 4) is 0 Å². The van der Waals surface area contributed by atoms with Gasteiger partial charge in [-0.25, -0.2) is 0 Å². The van der Waals surface area contributed by atoms with Crippen molar-refractivity contribution in [3.63, 3.8) is 0 Å². The van der Waals surface area contributed by atoms with Crippen LogP contribution in [0, 0.1) is 0 Å². The summed E-state index contributed by atoms with van der Waals surface area (Å²) < 4.78 is 9.89. The lowest BCUT2D eigenvalue weighted by Crippen LogP contribution is -2.15. The second-order valence-electron chi connectivity index (χ2n) is 2.97. The summed E-state index contributed by atoms with van der Waals surface area (Å²) in [4.78, 5) is 0. The number of nitrogens with one attached hydrogen (secondary N) is 1. The quantitative estimate of drug-likeness (QED) is 0.619. The third-order valence-electron chi connectivity index (χ3n) is 1.71. The first-order valence-electron chi connectivity index (χ1n) is 4.62. The molecule has 1 aromatic rings. The van der Waals surface area contributed by atoms with Crippen LogP contribution in [-0.2, 0) is 17.9 Å². The van der Waals surface area contributed by atoms with Gasteiger partial charge in [0.1, 0.15) is 6.61 Å². The fourth-order valence-electron chi connectivity index (χ4n) is 1.07. The Kier molecular flexibility index (Phi) is 5.21. The van der Waals surface area contributed by atoms with Crippen molar-refractivity contribution in [1.29, 1.82) is 0 Å².